The SMILES string of the molecule is Nc1nccc2scc(-c3ccc(N4CCN(Cc5ccccc5)C4=O)cc3)c12. The zero-order valence-electron chi connectivity index (χ0n) is 15.8. The molecular weight excluding hydrogens is 380 g/mol. The molecule has 2 aromatic heterocycles. The van der Waals surface area contributed by atoms with Gasteiger partial charge in [0, 0.05) is 47.2 Å². The number of anilines is 2. The molecular formula is C23H20N4OS. The molecule has 144 valence electrons. The average Bonchev–Trinajstić information content (AvgIpc) is 3.34. The zero-order valence-corrected chi connectivity index (χ0v) is 16.6. The van der Waals surface area contributed by atoms with E-state index >= 15 is 0 Å². The minimum atomic E-state index is 0.0519. The summed E-state index contributed by atoms with van der Waals surface area (Å²) in [5.74, 6) is 0.550. The van der Waals surface area contributed by atoms with Gasteiger partial charge in [0.1, 0.15) is 5.82 Å². The third-order valence-electron chi connectivity index (χ3n) is 5.32. The number of benzene rings is 2. The number of hydrogen-bond donors (Lipinski definition) is 1. The Morgan fingerprint density at radius 2 is 1.79 bits per heavy atom. The normalized spacial score (nSPS) is 14.1. The van der Waals surface area contributed by atoms with Crippen LogP contribution in [-0.4, -0.2) is 29.0 Å². The molecule has 0 atom stereocenters. The number of hydrogen-bond acceptors (Lipinski definition) is 4. The maximum Gasteiger partial charge on any atom is 0.324 e. The lowest BCUT2D eigenvalue weighted by Crippen LogP contribution is -2.31. The molecule has 29 heavy (non-hydrogen) atoms. The fraction of sp³-hybridized carbons (Fsp3) is 0.130. The number of nitrogen functional groups attached to an aromatic ring is 1. The van der Waals surface area contributed by atoms with Crippen molar-refractivity contribution in [1.29, 1.82) is 0 Å². The van der Waals surface area contributed by atoms with Crippen LogP contribution in [0.25, 0.3) is 21.2 Å². The van der Waals surface area contributed by atoms with Gasteiger partial charge in [-0.15, -0.1) is 11.3 Å². The summed E-state index contributed by atoms with van der Waals surface area (Å²) in [7, 11) is 0. The number of pyridine rings is 1. The van der Waals surface area contributed by atoms with E-state index in [1.807, 2.05) is 46.2 Å². The topological polar surface area (TPSA) is 62.5 Å². The maximum absolute atomic E-state index is 12.9. The molecule has 2 amide bonds. The Hall–Kier alpha value is -3.38. The standard InChI is InChI=1S/C23H20N4OS/c24-22-21-19(15-29-20(21)10-11-25-22)17-6-8-18(9-7-17)27-13-12-26(23(27)28)14-16-4-2-1-3-5-16/h1-11,15H,12-14H2,(H2,24,25). The molecule has 0 unspecified atom stereocenters. The summed E-state index contributed by atoms with van der Waals surface area (Å²) in [4.78, 5) is 20.8. The second kappa shape index (κ2) is 7.22. The van der Waals surface area contributed by atoms with E-state index in [4.69, 9.17) is 5.73 Å². The molecule has 5 rings (SSSR count). The molecule has 2 N–H and O–H groups in total. The van der Waals surface area contributed by atoms with Gasteiger partial charge in [-0.1, -0.05) is 42.5 Å². The first kappa shape index (κ1) is 17.7. The van der Waals surface area contributed by atoms with E-state index in [1.54, 1.807) is 17.5 Å². The highest BCUT2D eigenvalue weighted by Gasteiger charge is 2.29. The quantitative estimate of drug-likeness (QED) is 0.525. The number of aromatic nitrogens is 1. The first-order valence-electron chi connectivity index (χ1n) is 9.53. The van der Waals surface area contributed by atoms with E-state index in [-0.39, 0.29) is 6.03 Å². The monoisotopic (exact) mass is 400 g/mol. The van der Waals surface area contributed by atoms with Gasteiger partial charge in [-0.05, 0) is 34.7 Å². The van der Waals surface area contributed by atoms with Crippen molar-refractivity contribution < 1.29 is 4.79 Å². The minimum absolute atomic E-state index is 0.0519. The Labute approximate surface area is 173 Å². The van der Waals surface area contributed by atoms with Crippen LogP contribution in [-0.2, 0) is 6.54 Å². The number of thiophene rings is 1. The Kier molecular flexibility index (Phi) is 4.41. The third-order valence-corrected chi connectivity index (χ3v) is 6.26. The second-order valence-electron chi connectivity index (χ2n) is 7.11. The summed E-state index contributed by atoms with van der Waals surface area (Å²) in [5, 5.41) is 3.11. The summed E-state index contributed by atoms with van der Waals surface area (Å²) in [5.41, 5.74) is 10.3. The van der Waals surface area contributed by atoms with Crippen molar-refractivity contribution in [2.24, 2.45) is 0 Å². The molecule has 5 nitrogen and oxygen atoms in total. The lowest BCUT2D eigenvalue weighted by molar-refractivity contribution is 0.219. The van der Waals surface area contributed by atoms with Gasteiger partial charge in [0.2, 0.25) is 0 Å². The second-order valence-corrected chi connectivity index (χ2v) is 8.02. The van der Waals surface area contributed by atoms with Gasteiger partial charge in [0.15, 0.2) is 0 Å². The summed E-state index contributed by atoms with van der Waals surface area (Å²) in [6.45, 7) is 2.07. The summed E-state index contributed by atoms with van der Waals surface area (Å²) >= 11 is 1.66. The van der Waals surface area contributed by atoms with Crippen molar-refractivity contribution in [3.05, 3.63) is 77.8 Å². The molecule has 2 aromatic carbocycles. The van der Waals surface area contributed by atoms with E-state index in [1.165, 1.54) is 0 Å². The van der Waals surface area contributed by atoms with Crippen LogP contribution in [0.15, 0.2) is 72.2 Å². The van der Waals surface area contributed by atoms with Crippen LogP contribution in [0.5, 0.6) is 0 Å². The highest BCUT2D eigenvalue weighted by molar-refractivity contribution is 7.17. The molecule has 4 aromatic rings. The van der Waals surface area contributed by atoms with Crippen molar-refractivity contribution >= 4 is 39.0 Å². The average molecular weight is 401 g/mol. The highest BCUT2D eigenvalue weighted by atomic mass is 32.1. The van der Waals surface area contributed by atoms with Crippen LogP contribution < -0.4 is 10.6 Å². The van der Waals surface area contributed by atoms with Crippen LogP contribution >= 0.6 is 11.3 Å². The van der Waals surface area contributed by atoms with Crippen molar-refractivity contribution in [1.82, 2.24) is 9.88 Å². The van der Waals surface area contributed by atoms with Gasteiger partial charge in [-0.25, -0.2) is 9.78 Å². The fourth-order valence-corrected chi connectivity index (χ4v) is 4.79. The number of fused-ring (bicyclic) bond motifs is 1. The lowest BCUT2D eigenvalue weighted by atomic mass is 10.0. The maximum atomic E-state index is 12.9. The Morgan fingerprint density at radius 3 is 2.59 bits per heavy atom. The van der Waals surface area contributed by atoms with Crippen molar-refractivity contribution in [2.45, 2.75) is 6.54 Å². The lowest BCUT2D eigenvalue weighted by Gasteiger charge is -2.19. The highest BCUT2D eigenvalue weighted by Crippen LogP contribution is 2.37. The van der Waals surface area contributed by atoms with E-state index in [0.717, 1.165) is 39.0 Å². The first-order valence-corrected chi connectivity index (χ1v) is 10.4. The van der Waals surface area contributed by atoms with Crippen molar-refractivity contribution in [3.8, 4) is 11.1 Å². The van der Waals surface area contributed by atoms with Gasteiger partial charge < -0.3 is 10.6 Å². The smallest absolute Gasteiger partial charge is 0.324 e. The van der Waals surface area contributed by atoms with Crippen LogP contribution in [0.3, 0.4) is 0 Å². The molecule has 0 aliphatic carbocycles. The van der Waals surface area contributed by atoms with Crippen molar-refractivity contribution in [3.63, 3.8) is 0 Å². The van der Waals surface area contributed by atoms with Gasteiger partial charge >= 0.3 is 6.03 Å². The summed E-state index contributed by atoms with van der Waals surface area (Å²) in [6, 6.07) is 20.3. The molecule has 1 aliphatic heterocycles. The minimum Gasteiger partial charge on any atom is -0.383 e. The Balaban J connectivity index is 1.37. The molecule has 1 saturated heterocycles. The zero-order chi connectivity index (χ0) is 19.8. The number of carbonyl (C=O) groups is 1. The third kappa shape index (κ3) is 3.21. The first-order chi connectivity index (χ1) is 14.2. The van der Waals surface area contributed by atoms with Crippen LogP contribution in [0.1, 0.15) is 5.56 Å². The van der Waals surface area contributed by atoms with E-state index in [0.29, 0.717) is 18.9 Å². The molecule has 1 aliphatic rings. The predicted molar refractivity (Wildman–Crippen MR) is 119 cm³/mol. The van der Waals surface area contributed by atoms with E-state index < -0.39 is 0 Å². The number of nitrogens with zero attached hydrogens (tertiary/aromatic N) is 3. The summed E-state index contributed by atoms with van der Waals surface area (Å²) < 4.78 is 1.13. The number of rotatable bonds is 4. The number of nitrogens with two attached hydrogens (primary N) is 1. The van der Waals surface area contributed by atoms with Gasteiger partial charge in [0.05, 0.1) is 0 Å². The largest absolute Gasteiger partial charge is 0.383 e. The molecule has 0 saturated carbocycles. The van der Waals surface area contributed by atoms with Crippen LogP contribution in [0.2, 0.25) is 0 Å². The van der Waals surface area contributed by atoms with Gasteiger partial charge in [0.25, 0.3) is 0 Å². The molecule has 6 heteroatoms. The van der Waals surface area contributed by atoms with Crippen LogP contribution in [0, 0.1) is 0 Å². The van der Waals surface area contributed by atoms with E-state index in [9.17, 15) is 4.79 Å². The molecule has 0 bridgehead atoms. The number of urea groups is 1. The number of amides is 2. The molecule has 0 spiro atoms. The summed E-state index contributed by atoms with van der Waals surface area (Å²) in [6.07, 6.45) is 1.74. The Bertz CT molecular complexity index is 1170. The number of carbonyl (C=O) groups excluding carboxylic acids is 1. The van der Waals surface area contributed by atoms with Gasteiger partial charge in [-0.3, -0.25) is 4.90 Å². The molecule has 1 fully saturated rings. The van der Waals surface area contributed by atoms with Crippen LogP contribution in [0.4, 0.5) is 16.3 Å². The predicted octanol–water partition coefficient (Wildman–Crippen LogP) is 4.99. The molecule has 0 radical (unpaired) electrons. The molecule has 3 heterocycles. The van der Waals surface area contributed by atoms with Crippen molar-refractivity contribution in [2.75, 3.05) is 23.7 Å². The fourth-order valence-electron chi connectivity index (χ4n) is 3.82. The Morgan fingerprint density at radius 1 is 1.00 bits per heavy atom. The van der Waals surface area contributed by atoms with Gasteiger partial charge in [-0.2, -0.15) is 0 Å². The van der Waals surface area contributed by atoms with E-state index in [2.05, 4.69) is 34.6 Å².